The summed E-state index contributed by atoms with van der Waals surface area (Å²) in [6, 6.07) is 26.0. The van der Waals surface area contributed by atoms with Crippen LogP contribution >= 0.6 is 11.6 Å². The Morgan fingerprint density at radius 2 is 1.55 bits per heavy atom. The third-order valence-corrected chi connectivity index (χ3v) is 8.96. The number of hydrogen-bond acceptors (Lipinski definition) is 5. The highest BCUT2D eigenvalue weighted by molar-refractivity contribution is 7.92. The largest absolute Gasteiger partial charge is 0.492 e. The number of rotatable bonds is 13. The lowest BCUT2D eigenvalue weighted by atomic mass is 10.0. The van der Waals surface area contributed by atoms with Gasteiger partial charge in [-0.15, -0.1) is 0 Å². The molecule has 0 aliphatic heterocycles. The van der Waals surface area contributed by atoms with Crippen LogP contribution in [0.15, 0.2) is 108 Å². The summed E-state index contributed by atoms with van der Waals surface area (Å²) in [4.78, 5) is 28.8. The molecule has 0 heterocycles. The summed E-state index contributed by atoms with van der Waals surface area (Å²) in [6.45, 7) is 1.02. The van der Waals surface area contributed by atoms with Gasteiger partial charge in [0.2, 0.25) is 11.8 Å². The SMILES string of the molecule is CCOc1ccccc1N(CC(=O)N(Cc1ccccc1F)C(Cc1ccccc1)C(=O)NC)S(=O)(=O)c1ccc(Cl)cc1. The van der Waals surface area contributed by atoms with E-state index in [0.29, 0.717) is 5.02 Å². The minimum absolute atomic E-state index is 0.103. The maximum atomic E-state index is 14.9. The summed E-state index contributed by atoms with van der Waals surface area (Å²) in [5.41, 5.74) is 1.06. The number of para-hydroxylation sites is 2. The molecule has 0 aliphatic rings. The first-order valence-corrected chi connectivity index (χ1v) is 15.8. The summed E-state index contributed by atoms with van der Waals surface area (Å²) in [6.07, 6.45) is 0.111. The molecule has 0 radical (unpaired) electrons. The molecule has 2 amide bonds. The smallest absolute Gasteiger partial charge is 0.264 e. The molecule has 4 aromatic carbocycles. The van der Waals surface area contributed by atoms with E-state index in [1.807, 2.05) is 30.3 Å². The van der Waals surface area contributed by atoms with Gasteiger partial charge < -0.3 is 15.0 Å². The summed E-state index contributed by atoms with van der Waals surface area (Å²) in [7, 11) is -2.91. The van der Waals surface area contributed by atoms with E-state index in [1.165, 1.54) is 60.5 Å². The quantitative estimate of drug-likeness (QED) is 0.210. The molecule has 230 valence electrons. The number of sulfonamides is 1. The van der Waals surface area contributed by atoms with E-state index in [4.69, 9.17) is 16.3 Å². The van der Waals surface area contributed by atoms with E-state index < -0.39 is 40.2 Å². The summed E-state index contributed by atoms with van der Waals surface area (Å²) >= 11 is 6.03. The van der Waals surface area contributed by atoms with Gasteiger partial charge in [0.1, 0.15) is 24.2 Å². The molecule has 0 saturated carbocycles. The Kier molecular flexibility index (Phi) is 11.0. The summed E-state index contributed by atoms with van der Waals surface area (Å²) in [5.74, 6) is -1.52. The van der Waals surface area contributed by atoms with Crippen LogP contribution in [0.25, 0.3) is 0 Å². The number of nitrogens with zero attached hydrogens (tertiary/aromatic N) is 2. The van der Waals surface area contributed by atoms with E-state index in [-0.39, 0.29) is 41.5 Å². The number of hydrogen-bond donors (Lipinski definition) is 1. The lowest BCUT2D eigenvalue weighted by Gasteiger charge is -2.34. The first-order valence-electron chi connectivity index (χ1n) is 13.9. The maximum Gasteiger partial charge on any atom is 0.264 e. The first-order chi connectivity index (χ1) is 21.1. The predicted molar refractivity (Wildman–Crippen MR) is 169 cm³/mol. The lowest BCUT2D eigenvalue weighted by Crippen LogP contribution is -2.53. The average Bonchev–Trinajstić information content (AvgIpc) is 3.03. The van der Waals surface area contributed by atoms with Crippen molar-refractivity contribution in [3.05, 3.63) is 125 Å². The van der Waals surface area contributed by atoms with Gasteiger partial charge in [0, 0.05) is 30.6 Å². The van der Waals surface area contributed by atoms with Crippen molar-refractivity contribution in [2.75, 3.05) is 24.5 Å². The van der Waals surface area contributed by atoms with Crippen LogP contribution in [0.1, 0.15) is 18.1 Å². The molecule has 1 atom stereocenters. The fourth-order valence-electron chi connectivity index (χ4n) is 4.72. The van der Waals surface area contributed by atoms with Gasteiger partial charge >= 0.3 is 0 Å². The molecule has 8 nitrogen and oxygen atoms in total. The zero-order valence-corrected chi connectivity index (χ0v) is 25.9. The molecule has 0 bridgehead atoms. The second-order valence-corrected chi connectivity index (χ2v) is 12.1. The Balaban J connectivity index is 1.83. The molecule has 0 saturated heterocycles. The van der Waals surface area contributed by atoms with Crippen molar-refractivity contribution in [2.24, 2.45) is 0 Å². The number of ether oxygens (including phenoxy) is 1. The lowest BCUT2D eigenvalue weighted by molar-refractivity contribution is -0.139. The van der Waals surface area contributed by atoms with Crippen LogP contribution in [-0.4, -0.2) is 51.4 Å². The number of benzene rings is 4. The molecule has 0 aliphatic carbocycles. The van der Waals surface area contributed by atoms with E-state index >= 15 is 0 Å². The number of likely N-dealkylation sites (N-methyl/N-ethyl adjacent to an activating group) is 1. The van der Waals surface area contributed by atoms with Gasteiger partial charge in [-0.25, -0.2) is 12.8 Å². The average molecular weight is 638 g/mol. The minimum Gasteiger partial charge on any atom is -0.492 e. The maximum absolute atomic E-state index is 14.9. The Bertz CT molecular complexity index is 1690. The van der Waals surface area contributed by atoms with Crippen molar-refractivity contribution >= 4 is 39.1 Å². The third-order valence-electron chi connectivity index (χ3n) is 6.93. The van der Waals surface area contributed by atoms with Crippen LogP contribution in [0.5, 0.6) is 5.75 Å². The van der Waals surface area contributed by atoms with Crippen LogP contribution in [-0.2, 0) is 32.6 Å². The number of carbonyl (C=O) groups excluding carboxylic acids is 2. The second kappa shape index (κ2) is 14.9. The summed E-state index contributed by atoms with van der Waals surface area (Å²) < 4.78 is 49.9. The molecule has 0 spiro atoms. The monoisotopic (exact) mass is 637 g/mol. The van der Waals surface area contributed by atoms with Crippen LogP contribution in [0.4, 0.5) is 10.1 Å². The van der Waals surface area contributed by atoms with Crippen molar-refractivity contribution in [3.63, 3.8) is 0 Å². The van der Waals surface area contributed by atoms with Crippen LogP contribution in [0.3, 0.4) is 0 Å². The fraction of sp³-hybridized carbons (Fsp3) is 0.212. The zero-order chi connectivity index (χ0) is 31.7. The highest BCUT2D eigenvalue weighted by atomic mass is 35.5. The molecule has 1 N–H and O–H groups in total. The van der Waals surface area contributed by atoms with Gasteiger partial charge in [-0.3, -0.25) is 13.9 Å². The van der Waals surface area contributed by atoms with Gasteiger partial charge in [-0.2, -0.15) is 0 Å². The Hall–Kier alpha value is -4.41. The number of amides is 2. The van der Waals surface area contributed by atoms with Crippen molar-refractivity contribution in [1.29, 1.82) is 0 Å². The van der Waals surface area contributed by atoms with E-state index in [0.717, 1.165) is 9.87 Å². The summed E-state index contributed by atoms with van der Waals surface area (Å²) in [5, 5.41) is 2.94. The topological polar surface area (TPSA) is 96.0 Å². The van der Waals surface area contributed by atoms with Gasteiger partial charge in [-0.1, -0.05) is 72.3 Å². The van der Waals surface area contributed by atoms with E-state index in [2.05, 4.69) is 5.32 Å². The van der Waals surface area contributed by atoms with Crippen molar-refractivity contribution in [3.8, 4) is 5.75 Å². The van der Waals surface area contributed by atoms with Crippen LogP contribution < -0.4 is 14.4 Å². The normalized spacial score (nSPS) is 11.8. The van der Waals surface area contributed by atoms with Crippen LogP contribution in [0, 0.1) is 5.82 Å². The Morgan fingerprint density at radius 1 is 0.909 bits per heavy atom. The van der Waals surface area contributed by atoms with Crippen molar-refractivity contribution < 1.29 is 27.1 Å². The number of halogens is 2. The van der Waals surface area contributed by atoms with Crippen LogP contribution in [0.2, 0.25) is 5.02 Å². The molecule has 44 heavy (non-hydrogen) atoms. The minimum atomic E-state index is -4.36. The predicted octanol–water partition coefficient (Wildman–Crippen LogP) is 5.46. The number of carbonyl (C=O) groups is 2. The highest BCUT2D eigenvalue weighted by Gasteiger charge is 2.35. The molecule has 0 aromatic heterocycles. The molecular weight excluding hydrogens is 605 g/mol. The molecular formula is C33H33ClFN3O5S. The fourth-order valence-corrected chi connectivity index (χ4v) is 6.27. The number of nitrogens with one attached hydrogen (secondary N) is 1. The third kappa shape index (κ3) is 7.75. The van der Waals surface area contributed by atoms with E-state index in [1.54, 1.807) is 31.2 Å². The Labute approximate surface area is 262 Å². The zero-order valence-electron chi connectivity index (χ0n) is 24.3. The number of anilines is 1. The van der Waals surface area contributed by atoms with Gasteiger partial charge in [0.25, 0.3) is 10.0 Å². The molecule has 4 aromatic rings. The molecule has 0 fully saturated rings. The van der Waals surface area contributed by atoms with Gasteiger partial charge in [0.05, 0.1) is 17.2 Å². The highest BCUT2D eigenvalue weighted by Crippen LogP contribution is 2.33. The van der Waals surface area contributed by atoms with Crippen molar-refractivity contribution in [1.82, 2.24) is 10.2 Å². The standard InChI is InChI=1S/C33H33ClFN3O5S/c1-3-43-31-16-10-9-15-29(31)38(44(41,42)27-19-17-26(34)18-20-27)23-32(39)37(22-25-13-7-8-14-28(25)35)30(33(40)36-2)21-24-11-5-4-6-12-24/h4-20,30H,3,21-23H2,1-2H3,(H,36,40). The molecule has 4 rings (SSSR count). The first kappa shape index (κ1) is 32.5. The molecule has 11 heteroatoms. The van der Waals surface area contributed by atoms with Crippen molar-refractivity contribution in [2.45, 2.75) is 30.8 Å². The van der Waals surface area contributed by atoms with Gasteiger partial charge in [0.15, 0.2) is 0 Å². The second-order valence-electron chi connectivity index (χ2n) is 9.80. The Morgan fingerprint density at radius 3 is 2.20 bits per heavy atom. The van der Waals surface area contributed by atoms with Gasteiger partial charge in [-0.05, 0) is 55.0 Å². The van der Waals surface area contributed by atoms with E-state index in [9.17, 15) is 22.4 Å². The molecule has 1 unspecified atom stereocenters.